The van der Waals surface area contributed by atoms with E-state index in [0.29, 0.717) is 24.5 Å². The summed E-state index contributed by atoms with van der Waals surface area (Å²) in [5.74, 6) is -0.140. The monoisotopic (exact) mass is 269 g/mol. The van der Waals surface area contributed by atoms with Crippen LogP contribution in [-0.2, 0) is 4.79 Å². The van der Waals surface area contributed by atoms with Gasteiger partial charge in [0.15, 0.2) is 0 Å². The highest BCUT2D eigenvalue weighted by atomic mass is 32.1. The van der Waals surface area contributed by atoms with Gasteiger partial charge in [0.05, 0.1) is 4.92 Å². The minimum atomic E-state index is -0.448. The van der Waals surface area contributed by atoms with Gasteiger partial charge in [-0.25, -0.2) is 0 Å². The predicted octanol–water partition coefficient (Wildman–Crippen LogP) is 1.48. The molecule has 0 saturated heterocycles. The molecule has 0 radical (unpaired) electrons. The molecule has 6 nitrogen and oxygen atoms in total. The lowest BCUT2D eigenvalue weighted by atomic mass is 10.3. The summed E-state index contributed by atoms with van der Waals surface area (Å²) in [6, 6.07) is 3.04. The van der Waals surface area contributed by atoms with Gasteiger partial charge in [-0.15, -0.1) is 0 Å². The summed E-state index contributed by atoms with van der Waals surface area (Å²) in [5.41, 5.74) is 5.40. The zero-order chi connectivity index (χ0) is 13.5. The number of nitrogens with zero attached hydrogens (tertiary/aromatic N) is 2. The van der Waals surface area contributed by atoms with Crippen molar-refractivity contribution in [3.8, 4) is 0 Å². The molecule has 1 amide bonds. The highest BCUT2D eigenvalue weighted by molar-refractivity contribution is 7.16. The van der Waals surface area contributed by atoms with Crippen LogP contribution >= 0.6 is 11.3 Å². The van der Waals surface area contributed by atoms with Crippen molar-refractivity contribution in [3.05, 3.63) is 33.2 Å². The van der Waals surface area contributed by atoms with E-state index >= 15 is 0 Å². The second-order valence-electron chi connectivity index (χ2n) is 3.47. The summed E-state index contributed by atoms with van der Waals surface area (Å²) in [4.78, 5) is 24.1. The number of nitro groups is 1. The van der Waals surface area contributed by atoms with Crippen LogP contribution in [0.1, 0.15) is 11.8 Å². The van der Waals surface area contributed by atoms with Gasteiger partial charge in [-0.3, -0.25) is 14.9 Å². The molecule has 0 aliphatic rings. The average molecular weight is 269 g/mol. The molecule has 1 aromatic heterocycles. The number of nitrogens with two attached hydrogens (primary N) is 1. The van der Waals surface area contributed by atoms with E-state index < -0.39 is 4.92 Å². The minimum Gasteiger partial charge on any atom is -0.338 e. The standard InChI is InChI=1S/C11H15N3O3S/c1-2-13(8-7-12)10(15)5-3-9-4-6-11(18-9)14(16)17/h3-6H,2,7-8,12H2,1H3/b5-3+. The molecule has 1 heterocycles. The SMILES string of the molecule is CCN(CCN)C(=O)/C=C/c1ccc([N+](=O)[O-])s1. The molecule has 1 aromatic rings. The maximum absolute atomic E-state index is 11.7. The molecule has 0 atom stereocenters. The number of carbonyl (C=O) groups excluding carboxylic acids is 1. The first-order chi connectivity index (χ1) is 8.58. The fraction of sp³-hybridized carbons (Fsp3) is 0.364. The third-order valence-electron chi connectivity index (χ3n) is 2.28. The number of hydrogen-bond donors (Lipinski definition) is 1. The molecule has 1 rings (SSSR count). The molecule has 0 aliphatic carbocycles. The first-order valence-electron chi connectivity index (χ1n) is 5.49. The van der Waals surface area contributed by atoms with E-state index in [4.69, 9.17) is 5.73 Å². The van der Waals surface area contributed by atoms with Crippen LogP contribution in [0, 0.1) is 10.1 Å². The highest BCUT2D eigenvalue weighted by Gasteiger charge is 2.09. The van der Waals surface area contributed by atoms with Crippen LogP contribution in [-0.4, -0.2) is 35.4 Å². The third kappa shape index (κ3) is 3.94. The lowest BCUT2D eigenvalue weighted by Crippen LogP contribution is -2.33. The summed E-state index contributed by atoms with van der Waals surface area (Å²) in [6.07, 6.45) is 2.99. The number of likely N-dealkylation sites (N-methyl/N-ethyl adjacent to an activating group) is 1. The van der Waals surface area contributed by atoms with Crippen LogP contribution in [0.15, 0.2) is 18.2 Å². The van der Waals surface area contributed by atoms with E-state index in [-0.39, 0.29) is 10.9 Å². The second-order valence-corrected chi connectivity index (χ2v) is 4.57. The van der Waals surface area contributed by atoms with Gasteiger partial charge in [-0.2, -0.15) is 0 Å². The molecule has 0 bridgehead atoms. The topological polar surface area (TPSA) is 89.5 Å². The van der Waals surface area contributed by atoms with Crippen LogP contribution in [0.3, 0.4) is 0 Å². The summed E-state index contributed by atoms with van der Waals surface area (Å²) in [5, 5.41) is 10.6. The number of amides is 1. The van der Waals surface area contributed by atoms with E-state index in [1.54, 1.807) is 17.0 Å². The number of thiophene rings is 1. The highest BCUT2D eigenvalue weighted by Crippen LogP contribution is 2.24. The Morgan fingerprint density at radius 1 is 1.61 bits per heavy atom. The molecule has 0 aliphatic heterocycles. The first kappa shape index (κ1) is 14.3. The summed E-state index contributed by atoms with van der Waals surface area (Å²) >= 11 is 1.03. The van der Waals surface area contributed by atoms with Crippen LogP contribution in [0.4, 0.5) is 5.00 Å². The molecular weight excluding hydrogens is 254 g/mol. The van der Waals surface area contributed by atoms with Crippen molar-refractivity contribution in [2.45, 2.75) is 6.92 Å². The normalized spacial score (nSPS) is 10.8. The van der Waals surface area contributed by atoms with Crippen molar-refractivity contribution in [3.63, 3.8) is 0 Å². The van der Waals surface area contributed by atoms with Gasteiger partial charge < -0.3 is 10.6 Å². The van der Waals surface area contributed by atoms with Gasteiger partial charge in [0.25, 0.3) is 0 Å². The molecule has 0 saturated carbocycles. The molecule has 0 aromatic carbocycles. The molecule has 0 fully saturated rings. The fourth-order valence-corrected chi connectivity index (χ4v) is 2.09. The van der Waals surface area contributed by atoms with Gasteiger partial charge in [-0.05, 0) is 19.1 Å². The van der Waals surface area contributed by atoms with Crippen molar-refractivity contribution in [1.29, 1.82) is 0 Å². The van der Waals surface area contributed by atoms with Crippen LogP contribution in [0.5, 0.6) is 0 Å². The largest absolute Gasteiger partial charge is 0.338 e. The minimum absolute atomic E-state index is 0.0661. The molecule has 18 heavy (non-hydrogen) atoms. The lowest BCUT2D eigenvalue weighted by Gasteiger charge is -2.17. The summed E-state index contributed by atoms with van der Waals surface area (Å²) in [7, 11) is 0. The number of hydrogen-bond acceptors (Lipinski definition) is 5. The Bertz CT molecular complexity index is 456. The molecule has 0 spiro atoms. The quantitative estimate of drug-likeness (QED) is 0.481. The van der Waals surface area contributed by atoms with Gasteiger partial charge in [0.2, 0.25) is 5.91 Å². The van der Waals surface area contributed by atoms with Crippen molar-refractivity contribution in [1.82, 2.24) is 4.90 Å². The molecular formula is C11H15N3O3S. The van der Waals surface area contributed by atoms with Gasteiger partial charge in [-0.1, -0.05) is 11.3 Å². The second kappa shape index (κ2) is 6.87. The summed E-state index contributed by atoms with van der Waals surface area (Å²) in [6.45, 7) is 3.38. The van der Waals surface area contributed by atoms with Crippen LogP contribution in [0.2, 0.25) is 0 Å². The van der Waals surface area contributed by atoms with E-state index in [0.717, 1.165) is 11.3 Å². The van der Waals surface area contributed by atoms with Crippen molar-refractivity contribution < 1.29 is 9.72 Å². The zero-order valence-electron chi connectivity index (χ0n) is 10.0. The smallest absolute Gasteiger partial charge is 0.324 e. The number of carbonyl (C=O) groups is 1. The number of rotatable bonds is 6. The summed E-state index contributed by atoms with van der Waals surface area (Å²) < 4.78 is 0. The fourth-order valence-electron chi connectivity index (χ4n) is 1.37. The zero-order valence-corrected chi connectivity index (χ0v) is 10.9. The third-order valence-corrected chi connectivity index (χ3v) is 3.28. The molecule has 98 valence electrons. The lowest BCUT2D eigenvalue weighted by molar-refractivity contribution is -0.380. The van der Waals surface area contributed by atoms with Gasteiger partial charge in [0.1, 0.15) is 0 Å². The Hall–Kier alpha value is -1.73. The van der Waals surface area contributed by atoms with Crippen LogP contribution < -0.4 is 5.73 Å². The van der Waals surface area contributed by atoms with E-state index in [1.165, 1.54) is 12.1 Å². The Balaban J connectivity index is 2.67. The maximum Gasteiger partial charge on any atom is 0.324 e. The molecule has 2 N–H and O–H groups in total. The maximum atomic E-state index is 11.7. The Morgan fingerprint density at radius 2 is 2.33 bits per heavy atom. The predicted molar refractivity (Wildman–Crippen MR) is 71.3 cm³/mol. The van der Waals surface area contributed by atoms with Crippen molar-refractivity contribution >= 4 is 28.3 Å². The Morgan fingerprint density at radius 3 is 2.83 bits per heavy atom. The Labute approximate surface area is 109 Å². The van der Waals surface area contributed by atoms with Crippen molar-refractivity contribution in [2.24, 2.45) is 5.73 Å². The molecule has 0 unspecified atom stereocenters. The van der Waals surface area contributed by atoms with Gasteiger partial charge >= 0.3 is 5.00 Å². The van der Waals surface area contributed by atoms with Crippen molar-refractivity contribution in [2.75, 3.05) is 19.6 Å². The van der Waals surface area contributed by atoms with Crippen LogP contribution in [0.25, 0.3) is 6.08 Å². The van der Waals surface area contributed by atoms with Gasteiger partial charge in [0, 0.05) is 36.7 Å². The van der Waals surface area contributed by atoms with E-state index in [2.05, 4.69) is 0 Å². The van der Waals surface area contributed by atoms with E-state index in [9.17, 15) is 14.9 Å². The Kier molecular flexibility index (Phi) is 5.47. The van der Waals surface area contributed by atoms with E-state index in [1.807, 2.05) is 6.92 Å². The average Bonchev–Trinajstić information content (AvgIpc) is 2.82. The first-order valence-corrected chi connectivity index (χ1v) is 6.31. The molecule has 7 heteroatoms.